The summed E-state index contributed by atoms with van der Waals surface area (Å²) in [4.78, 5) is 17.1. The van der Waals surface area contributed by atoms with Gasteiger partial charge in [-0.3, -0.25) is 4.90 Å². The Kier molecular flexibility index (Phi) is 6.74. The number of nitrogens with zero attached hydrogens (tertiary/aromatic N) is 2. The Bertz CT molecular complexity index is 821. The van der Waals surface area contributed by atoms with Crippen molar-refractivity contribution in [1.82, 2.24) is 15.1 Å². The maximum atomic E-state index is 12.8. The summed E-state index contributed by atoms with van der Waals surface area (Å²) >= 11 is 0. The molecule has 30 heavy (non-hydrogen) atoms. The van der Waals surface area contributed by atoms with Crippen molar-refractivity contribution in [2.75, 3.05) is 32.8 Å². The van der Waals surface area contributed by atoms with Gasteiger partial charge < -0.3 is 19.7 Å². The van der Waals surface area contributed by atoms with Gasteiger partial charge in [-0.15, -0.1) is 0 Å². The Morgan fingerprint density at radius 1 is 1.07 bits per heavy atom. The van der Waals surface area contributed by atoms with E-state index in [1.165, 1.54) is 5.56 Å². The molecule has 2 aromatic rings. The van der Waals surface area contributed by atoms with Gasteiger partial charge in [0.05, 0.1) is 6.54 Å². The number of hydrogen-bond donors (Lipinski definition) is 1. The summed E-state index contributed by atoms with van der Waals surface area (Å²) in [6.07, 6.45) is 1.80. The first-order valence-corrected chi connectivity index (χ1v) is 10.9. The van der Waals surface area contributed by atoms with Crippen LogP contribution in [-0.2, 0) is 6.54 Å². The Labute approximate surface area is 178 Å². The average molecular weight is 410 g/mol. The van der Waals surface area contributed by atoms with Gasteiger partial charge in [0.25, 0.3) is 0 Å². The lowest BCUT2D eigenvalue weighted by Crippen LogP contribution is -2.52. The highest BCUT2D eigenvalue weighted by molar-refractivity contribution is 5.74. The molecular formula is C24H31N3O3. The van der Waals surface area contributed by atoms with Crippen LogP contribution >= 0.6 is 0 Å². The first-order chi connectivity index (χ1) is 14.7. The molecule has 0 aromatic heterocycles. The van der Waals surface area contributed by atoms with E-state index in [4.69, 9.17) is 9.47 Å². The van der Waals surface area contributed by atoms with Gasteiger partial charge in [-0.25, -0.2) is 4.79 Å². The van der Waals surface area contributed by atoms with Crippen LogP contribution in [0.3, 0.4) is 0 Å². The molecule has 4 rings (SSSR count). The van der Waals surface area contributed by atoms with Crippen LogP contribution in [0.1, 0.15) is 25.3 Å². The highest BCUT2D eigenvalue weighted by Crippen LogP contribution is 2.31. The molecule has 0 radical (unpaired) electrons. The molecule has 1 saturated heterocycles. The predicted octanol–water partition coefficient (Wildman–Crippen LogP) is 3.52. The Balaban J connectivity index is 1.23. The minimum Gasteiger partial charge on any atom is -0.486 e. The molecule has 0 unspecified atom stereocenters. The molecule has 0 aliphatic carbocycles. The molecule has 1 fully saturated rings. The Morgan fingerprint density at radius 3 is 2.50 bits per heavy atom. The van der Waals surface area contributed by atoms with Crippen molar-refractivity contribution < 1.29 is 14.3 Å². The second-order valence-electron chi connectivity index (χ2n) is 8.02. The molecule has 0 bridgehead atoms. The number of carbonyl (C=O) groups excluding carboxylic acids is 1. The molecule has 2 aliphatic rings. The van der Waals surface area contributed by atoms with E-state index >= 15 is 0 Å². The summed E-state index contributed by atoms with van der Waals surface area (Å²) in [5.41, 5.74) is 1.34. The van der Waals surface area contributed by atoms with Crippen molar-refractivity contribution in [3.63, 3.8) is 0 Å². The number of likely N-dealkylation sites (tertiary alicyclic amines) is 1. The van der Waals surface area contributed by atoms with E-state index in [0.29, 0.717) is 19.7 Å². The van der Waals surface area contributed by atoms with E-state index in [-0.39, 0.29) is 18.2 Å². The highest BCUT2D eigenvalue weighted by Gasteiger charge is 2.27. The second kappa shape index (κ2) is 9.85. The molecule has 2 heterocycles. The normalized spacial score (nSPS) is 19.3. The van der Waals surface area contributed by atoms with Crippen LogP contribution < -0.4 is 14.8 Å². The minimum absolute atomic E-state index is 0.0125. The zero-order valence-electron chi connectivity index (χ0n) is 17.6. The van der Waals surface area contributed by atoms with E-state index in [1.54, 1.807) is 0 Å². The lowest BCUT2D eigenvalue weighted by molar-refractivity contribution is 0.0665. The maximum Gasteiger partial charge on any atom is 0.317 e. The third-order valence-electron chi connectivity index (χ3n) is 5.82. The van der Waals surface area contributed by atoms with Crippen molar-refractivity contribution in [3.05, 3.63) is 60.2 Å². The number of amides is 2. The van der Waals surface area contributed by atoms with Crippen LogP contribution in [0.5, 0.6) is 11.5 Å². The van der Waals surface area contributed by atoms with Gasteiger partial charge in [-0.1, -0.05) is 42.5 Å². The fourth-order valence-corrected chi connectivity index (χ4v) is 4.10. The number of rotatable bonds is 6. The number of hydrogen-bond acceptors (Lipinski definition) is 4. The van der Waals surface area contributed by atoms with E-state index in [0.717, 1.165) is 44.0 Å². The molecule has 6 nitrogen and oxygen atoms in total. The summed E-state index contributed by atoms with van der Waals surface area (Å²) in [5, 5.41) is 3.23. The standard InChI is InChI=1S/C24H31N3O3/c1-2-27(17-21-18-29-22-10-6-7-11-23(22)30-21)24(28)25-20-12-14-26(15-13-20)16-19-8-4-3-5-9-19/h3-11,20-21H,2,12-18H2,1H3,(H,25,28)/t21-/m0/s1. The van der Waals surface area contributed by atoms with E-state index < -0.39 is 0 Å². The van der Waals surface area contributed by atoms with E-state index in [1.807, 2.05) is 42.2 Å². The van der Waals surface area contributed by atoms with Gasteiger partial charge in [0.1, 0.15) is 6.61 Å². The molecule has 0 spiro atoms. The average Bonchev–Trinajstić information content (AvgIpc) is 2.79. The number of urea groups is 1. The molecule has 1 atom stereocenters. The Hall–Kier alpha value is -2.73. The SMILES string of the molecule is CCN(C[C@H]1COc2ccccc2O1)C(=O)NC1CCN(Cc2ccccc2)CC1. The van der Waals surface area contributed by atoms with Crippen molar-refractivity contribution >= 4 is 6.03 Å². The Morgan fingerprint density at radius 2 is 1.77 bits per heavy atom. The molecule has 160 valence electrons. The fourth-order valence-electron chi connectivity index (χ4n) is 4.10. The lowest BCUT2D eigenvalue weighted by atomic mass is 10.0. The van der Waals surface area contributed by atoms with Crippen LogP contribution in [-0.4, -0.2) is 60.8 Å². The quantitative estimate of drug-likeness (QED) is 0.793. The number of para-hydroxylation sites is 2. The van der Waals surface area contributed by atoms with E-state index in [9.17, 15) is 4.79 Å². The van der Waals surface area contributed by atoms with Gasteiger partial charge in [0.2, 0.25) is 0 Å². The van der Waals surface area contributed by atoms with Crippen LogP contribution in [0.2, 0.25) is 0 Å². The predicted molar refractivity (Wildman–Crippen MR) is 117 cm³/mol. The minimum atomic E-state index is -0.154. The molecule has 2 amide bonds. The topological polar surface area (TPSA) is 54.0 Å². The first kappa shape index (κ1) is 20.5. The summed E-state index contributed by atoms with van der Waals surface area (Å²) in [6, 6.07) is 18.4. The van der Waals surface area contributed by atoms with Crippen molar-refractivity contribution in [3.8, 4) is 11.5 Å². The lowest BCUT2D eigenvalue weighted by Gasteiger charge is -2.35. The number of carbonyl (C=O) groups is 1. The zero-order valence-corrected chi connectivity index (χ0v) is 17.6. The number of likely N-dealkylation sites (N-methyl/N-ethyl adjacent to an activating group) is 1. The zero-order chi connectivity index (χ0) is 20.8. The number of fused-ring (bicyclic) bond motifs is 1. The van der Waals surface area contributed by atoms with Crippen LogP contribution in [0, 0.1) is 0 Å². The summed E-state index contributed by atoms with van der Waals surface area (Å²) < 4.78 is 11.8. The maximum absolute atomic E-state index is 12.8. The summed E-state index contributed by atoms with van der Waals surface area (Å²) in [6.45, 7) is 6.59. The summed E-state index contributed by atoms with van der Waals surface area (Å²) in [5.74, 6) is 1.51. The fraction of sp³-hybridized carbons (Fsp3) is 0.458. The summed E-state index contributed by atoms with van der Waals surface area (Å²) in [7, 11) is 0. The van der Waals surface area contributed by atoms with Gasteiger partial charge in [0.15, 0.2) is 17.6 Å². The number of ether oxygens (including phenoxy) is 2. The van der Waals surface area contributed by atoms with Gasteiger partial charge in [-0.2, -0.15) is 0 Å². The smallest absolute Gasteiger partial charge is 0.317 e. The molecular weight excluding hydrogens is 378 g/mol. The molecule has 2 aliphatic heterocycles. The second-order valence-corrected chi connectivity index (χ2v) is 8.02. The monoisotopic (exact) mass is 409 g/mol. The number of nitrogens with one attached hydrogen (secondary N) is 1. The van der Waals surface area contributed by atoms with Crippen LogP contribution in [0.25, 0.3) is 0 Å². The largest absolute Gasteiger partial charge is 0.486 e. The van der Waals surface area contributed by atoms with Crippen molar-refractivity contribution in [1.29, 1.82) is 0 Å². The van der Waals surface area contributed by atoms with Gasteiger partial charge >= 0.3 is 6.03 Å². The van der Waals surface area contributed by atoms with Gasteiger partial charge in [-0.05, 0) is 37.5 Å². The third-order valence-corrected chi connectivity index (χ3v) is 5.82. The third kappa shape index (κ3) is 5.25. The van der Waals surface area contributed by atoms with Crippen molar-refractivity contribution in [2.24, 2.45) is 0 Å². The number of benzene rings is 2. The van der Waals surface area contributed by atoms with Crippen molar-refractivity contribution in [2.45, 2.75) is 38.5 Å². The highest BCUT2D eigenvalue weighted by atomic mass is 16.6. The first-order valence-electron chi connectivity index (χ1n) is 10.9. The molecule has 6 heteroatoms. The number of piperidine rings is 1. The van der Waals surface area contributed by atoms with Crippen LogP contribution in [0.15, 0.2) is 54.6 Å². The molecule has 2 aromatic carbocycles. The molecule has 1 N–H and O–H groups in total. The molecule has 0 saturated carbocycles. The van der Waals surface area contributed by atoms with Crippen LogP contribution in [0.4, 0.5) is 4.79 Å². The van der Waals surface area contributed by atoms with Gasteiger partial charge in [0, 0.05) is 32.2 Å². The van der Waals surface area contributed by atoms with E-state index in [2.05, 4.69) is 34.5 Å².